The minimum absolute atomic E-state index is 0.255. The zero-order valence-corrected chi connectivity index (χ0v) is 9.37. The lowest BCUT2D eigenvalue weighted by molar-refractivity contribution is -0.131. The molecule has 2 heteroatoms. The number of carbonyl (C=O) groups excluding carboxylic acids is 1. The molecule has 1 saturated heterocycles. The van der Waals surface area contributed by atoms with Gasteiger partial charge in [0.05, 0.1) is 0 Å². The first kappa shape index (κ1) is 10.6. The van der Waals surface area contributed by atoms with Crippen LogP contribution in [-0.2, 0) is 4.79 Å². The Kier molecular flexibility index (Phi) is 2.99. The molecular weight excluding hydrogens is 162 g/mol. The van der Waals surface area contributed by atoms with Crippen molar-refractivity contribution in [1.82, 2.24) is 4.90 Å². The topological polar surface area (TPSA) is 20.3 Å². The highest BCUT2D eigenvalue weighted by molar-refractivity contribution is 5.81. The first-order chi connectivity index (χ1) is 5.95. The van der Waals surface area contributed by atoms with E-state index < -0.39 is 0 Å². The lowest BCUT2D eigenvalue weighted by Gasteiger charge is -2.22. The van der Waals surface area contributed by atoms with Gasteiger partial charge in [-0.05, 0) is 17.8 Å². The molecule has 1 aliphatic heterocycles. The van der Waals surface area contributed by atoms with Crippen LogP contribution >= 0.6 is 0 Å². The number of nitrogens with zero attached hydrogens (tertiary/aromatic N) is 1. The lowest BCUT2D eigenvalue weighted by atomic mass is 9.79. The van der Waals surface area contributed by atoms with Crippen molar-refractivity contribution in [3.63, 3.8) is 0 Å². The van der Waals surface area contributed by atoms with Gasteiger partial charge in [-0.25, -0.2) is 0 Å². The van der Waals surface area contributed by atoms with Crippen LogP contribution < -0.4 is 0 Å². The number of likely N-dealkylation sites (tertiary alicyclic amines) is 1. The van der Waals surface area contributed by atoms with Crippen LogP contribution in [0.3, 0.4) is 0 Å². The molecule has 0 aromatic heterocycles. The summed E-state index contributed by atoms with van der Waals surface area (Å²) in [4.78, 5) is 13.7. The maximum Gasteiger partial charge on any atom is 0.226 e. The van der Waals surface area contributed by atoms with Crippen molar-refractivity contribution >= 4 is 5.91 Å². The van der Waals surface area contributed by atoms with E-state index in [1.807, 2.05) is 11.9 Å². The highest BCUT2D eigenvalue weighted by Crippen LogP contribution is 2.34. The summed E-state index contributed by atoms with van der Waals surface area (Å²) in [7, 11) is 1.92. The van der Waals surface area contributed by atoms with Gasteiger partial charge in [0.2, 0.25) is 5.91 Å². The predicted octanol–water partition coefficient (Wildman–Crippen LogP) is 2.00. The van der Waals surface area contributed by atoms with E-state index in [1.54, 1.807) is 0 Å². The van der Waals surface area contributed by atoms with Crippen LogP contribution in [0.25, 0.3) is 0 Å². The molecule has 0 radical (unpaired) electrons. The van der Waals surface area contributed by atoms with Gasteiger partial charge in [-0.2, -0.15) is 0 Å². The largest absolute Gasteiger partial charge is 0.345 e. The summed E-state index contributed by atoms with van der Waals surface area (Å²) in [6, 6.07) is 0. The van der Waals surface area contributed by atoms with Crippen LogP contribution in [0.2, 0.25) is 0 Å². The molecule has 1 heterocycles. The fourth-order valence-electron chi connectivity index (χ4n) is 2.36. The first-order valence-corrected chi connectivity index (χ1v) is 5.20. The van der Waals surface area contributed by atoms with Crippen LogP contribution in [0, 0.1) is 23.7 Å². The molecule has 76 valence electrons. The maximum absolute atomic E-state index is 11.8. The summed E-state index contributed by atoms with van der Waals surface area (Å²) in [5.41, 5.74) is 0. The molecule has 0 aliphatic carbocycles. The van der Waals surface area contributed by atoms with E-state index >= 15 is 0 Å². The number of hydrogen-bond donors (Lipinski definition) is 0. The highest BCUT2D eigenvalue weighted by atomic mass is 16.2. The minimum atomic E-state index is 0.255. The van der Waals surface area contributed by atoms with Crippen molar-refractivity contribution in [2.75, 3.05) is 13.6 Å². The molecule has 2 nitrogen and oxygen atoms in total. The molecule has 0 aromatic carbocycles. The second-order valence-electron chi connectivity index (χ2n) is 4.90. The lowest BCUT2D eigenvalue weighted by Crippen LogP contribution is -2.27. The SMILES string of the molecule is CC(C)C1CN(C)C(=O)C1C(C)C. The third-order valence-corrected chi connectivity index (χ3v) is 3.18. The Morgan fingerprint density at radius 3 is 2.08 bits per heavy atom. The van der Waals surface area contributed by atoms with Gasteiger partial charge in [0, 0.05) is 19.5 Å². The Morgan fingerprint density at radius 2 is 1.77 bits per heavy atom. The van der Waals surface area contributed by atoms with Crippen LogP contribution in [0.4, 0.5) is 0 Å². The molecular formula is C11H21NO. The van der Waals surface area contributed by atoms with Crippen molar-refractivity contribution < 1.29 is 4.79 Å². The van der Waals surface area contributed by atoms with E-state index in [9.17, 15) is 4.79 Å². The molecule has 0 bridgehead atoms. The molecule has 0 N–H and O–H groups in total. The molecule has 2 atom stereocenters. The van der Waals surface area contributed by atoms with Crippen molar-refractivity contribution in [3.8, 4) is 0 Å². The third kappa shape index (κ3) is 1.87. The van der Waals surface area contributed by atoms with Crippen LogP contribution in [0.5, 0.6) is 0 Å². The molecule has 0 saturated carbocycles. The standard InChI is InChI=1S/C11H21NO/c1-7(2)9-6-12(5)11(13)10(9)8(3)4/h7-10H,6H2,1-5H3. The molecule has 0 aromatic rings. The third-order valence-electron chi connectivity index (χ3n) is 3.18. The highest BCUT2D eigenvalue weighted by Gasteiger charge is 2.41. The van der Waals surface area contributed by atoms with Gasteiger partial charge in [-0.15, -0.1) is 0 Å². The van der Waals surface area contributed by atoms with Gasteiger partial charge in [-0.3, -0.25) is 4.79 Å². The molecule has 1 rings (SSSR count). The smallest absolute Gasteiger partial charge is 0.226 e. The quantitative estimate of drug-likeness (QED) is 0.641. The van der Waals surface area contributed by atoms with Crippen LogP contribution in [-0.4, -0.2) is 24.4 Å². The van der Waals surface area contributed by atoms with E-state index in [1.165, 1.54) is 0 Å². The Labute approximate surface area is 81.3 Å². The molecule has 13 heavy (non-hydrogen) atoms. The minimum Gasteiger partial charge on any atom is -0.345 e. The van der Waals surface area contributed by atoms with Gasteiger partial charge in [0.1, 0.15) is 0 Å². The summed E-state index contributed by atoms with van der Waals surface area (Å²) in [6.45, 7) is 9.67. The predicted molar refractivity (Wildman–Crippen MR) is 54.3 cm³/mol. The van der Waals surface area contributed by atoms with E-state index in [-0.39, 0.29) is 5.92 Å². The molecule has 1 aliphatic rings. The Balaban J connectivity index is 2.81. The van der Waals surface area contributed by atoms with E-state index in [0.717, 1.165) is 6.54 Å². The van der Waals surface area contributed by atoms with Gasteiger partial charge in [0.15, 0.2) is 0 Å². The molecule has 1 amide bonds. The van der Waals surface area contributed by atoms with Gasteiger partial charge in [0.25, 0.3) is 0 Å². The van der Waals surface area contributed by atoms with Crippen molar-refractivity contribution in [1.29, 1.82) is 0 Å². The molecule has 2 unspecified atom stereocenters. The van der Waals surface area contributed by atoms with Gasteiger partial charge < -0.3 is 4.90 Å². The van der Waals surface area contributed by atoms with E-state index in [2.05, 4.69) is 27.7 Å². The van der Waals surface area contributed by atoms with Gasteiger partial charge >= 0.3 is 0 Å². The van der Waals surface area contributed by atoms with Crippen LogP contribution in [0.1, 0.15) is 27.7 Å². The molecule has 0 spiro atoms. The maximum atomic E-state index is 11.8. The van der Waals surface area contributed by atoms with Crippen molar-refractivity contribution in [3.05, 3.63) is 0 Å². The van der Waals surface area contributed by atoms with Crippen molar-refractivity contribution in [2.45, 2.75) is 27.7 Å². The Hall–Kier alpha value is -0.530. The normalized spacial score (nSPS) is 29.5. The fraction of sp³-hybridized carbons (Fsp3) is 0.909. The summed E-state index contributed by atoms with van der Waals surface area (Å²) < 4.78 is 0. The number of rotatable bonds is 2. The summed E-state index contributed by atoms with van der Waals surface area (Å²) in [5, 5.41) is 0. The monoisotopic (exact) mass is 183 g/mol. The van der Waals surface area contributed by atoms with Crippen LogP contribution in [0.15, 0.2) is 0 Å². The molecule has 1 fully saturated rings. The zero-order valence-electron chi connectivity index (χ0n) is 9.37. The van der Waals surface area contributed by atoms with E-state index in [4.69, 9.17) is 0 Å². The number of amides is 1. The fourth-order valence-corrected chi connectivity index (χ4v) is 2.36. The van der Waals surface area contributed by atoms with Gasteiger partial charge in [-0.1, -0.05) is 27.7 Å². The summed E-state index contributed by atoms with van der Waals surface area (Å²) >= 11 is 0. The second kappa shape index (κ2) is 3.69. The summed E-state index contributed by atoms with van der Waals surface area (Å²) in [6.07, 6.45) is 0. The van der Waals surface area contributed by atoms with E-state index in [0.29, 0.717) is 23.7 Å². The Bertz CT molecular complexity index is 198. The average Bonchev–Trinajstić information content (AvgIpc) is 2.28. The number of hydrogen-bond acceptors (Lipinski definition) is 1. The summed E-state index contributed by atoms with van der Waals surface area (Å²) in [5.74, 6) is 2.24. The average molecular weight is 183 g/mol. The first-order valence-electron chi connectivity index (χ1n) is 5.20. The zero-order chi connectivity index (χ0) is 10.2. The Morgan fingerprint density at radius 1 is 1.23 bits per heavy atom. The van der Waals surface area contributed by atoms with Crippen molar-refractivity contribution in [2.24, 2.45) is 23.7 Å². The second-order valence-corrected chi connectivity index (χ2v) is 4.90. The number of carbonyl (C=O) groups is 1.